The quantitative estimate of drug-likeness (QED) is 0.790. The van der Waals surface area contributed by atoms with E-state index < -0.39 is 0 Å². The highest BCUT2D eigenvalue weighted by Crippen LogP contribution is 2.02. The Morgan fingerprint density at radius 3 is 2.65 bits per heavy atom. The highest BCUT2D eigenvalue weighted by molar-refractivity contribution is 5.76. The van der Waals surface area contributed by atoms with Gasteiger partial charge in [-0.1, -0.05) is 43.9 Å². The molecule has 1 rings (SSSR count). The molecule has 90 valence electrons. The van der Waals surface area contributed by atoms with E-state index >= 15 is 0 Å². The van der Waals surface area contributed by atoms with Gasteiger partial charge in [-0.3, -0.25) is 4.79 Å². The SMILES string of the molecule is CC(C)CCC(=O)NCC#Cc1ccccc1. The second-order valence-corrected chi connectivity index (χ2v) is 4.38. The molecule has 0 radical (unpaired) electrons. The maximum Gasteiger partial charge on any atom is 0.220 e. The van der Waals surface area contributed by atoms with E-state index in [1.165, 1.54) is 0 Å². The number of carbonyl (C=O) groups excluding carboxylic acids is 1. The van der Waals surface area contributed by atoms with Crippen LogP contribution in [0.2, 0.25) is 0 Å². The van der Waals surface area contributed by atoms with Crippen molar-refractivity contribution in [2.24, 2.45) is 5.92 Å². The molecule has 0 atom stereocenters. The lowest BCUT2D eigenvalue weighted by Gasteiger charge is -2.03. The molecule has 0 heterocycles. The number of hydrogen-bond acceptors (Lipinski definition) is 1. The molecular formula is C15H19NO. The number of nitrogens with one attached hydrogen (secondary N) is 1. The Bertz CT molecular complexity index is 398. The molecule has 2 nitrogen and oxygen atoms in total. The van der Waals surface area contributed by atoms with Gasteiger partial charge in [0.1, 0.15) is 0 Å². The lowest BCUT2D eigenvalue weighted by atomic mass is 10.1. The first kappa shape index (κ1) is 13.3. The molecule has 0 spiro atoms. The smallest absolute Gasteiger partial charge is 0.220 e. The number of carbonyl (C=O) groups is 1. The van der Waals surface area contributed by atoms with Gasteiger partial charge in [-0.2, -0.15) is 0 Å². The van der Waals surface area contributed by atoms with Crippen LogP contribution in [0, 0.1) is 17.8 Å². The van der Waals surface area contributed by atoms with Crippen LogP contribution in [0.5, 0.6) is 0 Å². The summed E-state index contributed by atoms with van der Waals surface area (Å²) in [7, 11) is 0. The largest absolute Gasteiger partial charge is 0.345 e. The van der Waals surface area contributed by atoms with Gasteiger partial charge >= 0.3 is 0 Å². The van der Waals surface area contributed by atoms with Crippen LogP contribution in [-0.2, 0) is 4.79 Å². The molecule has 1 aromatic rings. The van der Waals surface area contributed by atoms with Crippen molar-refractivity contribution in [2.75, 3.05) is 6.54 Å². The van der Waals surface area contributed by atoms with Crippen molar-refractivity contribution in [2.45, 2.75) is 26.7 Å². The molecule has 1 amide bonds. The summed E-state index contributed by atoms with van der Waals surface area (Å²) in [4.78, 5) is 11.4. The monoisotopic (exact) mass is 229 g/mol. The number of amides is 1. The van der Waals surface area contributed by atoms with E-state index in [-0.39, 0.29) is 5.91 Å². The second kappa shape index (κ2) is 7.51. The summed E-state index contributed by atoms with van der Waals surface area (Å²) in [5.41, 5.74) is 0.976. The molecule has 2 heteroatoms. The van der Waals surface area contributed by atoms with Gasteiger partial charge in [0.2, 0.25) is 5.91 Å². The Labute approximate surface area is 103 Å². The Morgan fingerprint density at radius 2 is 2.00 bits per heavy atom. The van der Waals surface area contributed by atoms with E-state index in [0.717, 1.165) is 12.0 Å². The average molecular weight is 229 g/mol. The van der Waals surface area contributed by atoms with Gasteiger partial charge in [-0.05, 0) is 24.5 Å². The van der Waals surface area contributed by atoms with E-state index in [0.29, 0.717) is 18.9 Å². The van der Waals surface area contributed by atoms with Gasteiger partial charge in [-0.25, -0.2) is 0 Å². The molecule has 17 heavy (non-hydrogen) atoms. The molecule has 0 unspecified atom stereocenters. The molecule has 0 saturated heterocycles. The summed E-state index contributed by atoms with van der Waals surface area (Å²) < 4.78 is 0. The zero-order chi connectivity index (χ0) is 12.5. The van der Waals surface area contributed by atoms with Gasteiger partial charge in [0, 0.05) is 12.0 Å². The summed E-state index contributed by atoms with van der Waals surface area (Å²) in [6.45, 7) is 4.65. The summed E-state index contributed by atoms with van der Waals surface area (Å²) in [5.74, 6) is 6.59. The number of rotatable bonds is 4. The molecule has 0 bridgehead atoms. The third-order valence-electron chi connectivity index (χ3n) is 2.33. The Kier molecular flexibility index (Phi) is 5.88. The second-order valence-electron chi connectivity index (χ2n) is 4.38. The van der Waals surface area contributed by atoms with Crippen molar-refractivity contribution < 1.29 is 4.79 Å². The summed E-state index contributed by atoms with van der Waals surface area (Å²) in [5, 5.41) is 2.80. The fraction of sp³-hybridized carbons (Fsp3) is 0.400. The fourth-order valence-corrected chi connectivity index (χ4v) is 1.32. The van der Waals surface area contributed by atoms with Crippen LogP contribution in [0.15, 0.2) is 30.3 Å². The molecule has 0 aromatic heterocycles. The van der Waals surface area contributed by atoms with Gasteiger partial charge in [0.05, 0.1) is 6.54 Å². The minimum absolute atomic E-state index is 0.0843. The van der Waals surface area contributed by atoms with Crippen molar-refractivity contribution in [3.05, 3.63) is 35.9 Å². The van der Waals surface area contributed by atoms with E-state index in [1.54, 1.807) is 0 Å². The standard InChI is InChI=1S/C15H19NO/c1-13(2)10-11-15(17)16-12-6-9-14-7-4-3-5-8-14/h3-5,7-8,13H,10-12H2,1-2H3,(H,16,17). The Balaban J connectivity index is 2.24. The van der Waals surface area contributed by atoms with Crippen molar-refractivity contribution in [3.63, 3.8) is 0 Å². The van der Waals surface area contributed by atoms with Crippen LogP contribution in [0.4, 0.5) is 0 Å². The Hall–Kier alpha value is -1.75. The zero-order valence-electron chi connectivity index (χ0n) is 10.5. The van der Waals surface area contributed by atoms with E-state index in [4.69, 9.17) is 0 Å². The van der Waals surface area contributed by atoms with Gasteiger partial charge in [0.25, 0.3) is 0 Å². The zero-order valence-corrected chi connectivity index (χ0v) is 10.5. The predicted molar refractivity (Wildman–Crippen MR) is 70.4 cm³/mol. The average Bonchev–Trinajstić information content (AvgIpc) is 2.33. The van der Waals surface area contributed by atoms with Gasteiger partial charge in [-0.15, -0.1) is 0 Å². The number of hydrogen-bond donors (Lipinski definition) is 1. The first-order valence-electron chi connectivity index (χ1n) is 5.99. The van der Waals surface area contributed by atoms with Crippen molar-refractivity contribution >= 4 is 5.91 Å². The van der Waals surface area contributed by atoms with Crippen LogP contribution < -0.4 is 5.32 Å². The molecule has 0 aliphatic heterocycles. The van der Waals surface area contributed by atoms with Crippen molar-refractivity contribution in [1.29, 1.82) is 0 Å². The molecule has 0 aliphatic carbocycles. The van der Waals surface area contributed by atoms with Gasteiger partial charge in [0.15, 0.2) is 0 Å². The molecule has 0 saturated carbocycles. The van der Waals surface area contributed by atoms with E-state index in [9.17, 15) is 4.79 Å². The molecule has 0 fully saturated rings. The normalized spacial score (nSPS) is 9.59. The number of benzene rings is 1. The summed E-state index contributed by atoms with van der Waals surface area (Å²) in [6.07, 6.45) is 1.52. The fourth-order valence-electron chi connectivity index (χ4n) is 1.32. The molecular weight excluding hydrogens is 210 g/mol. The highest BCUT2D eigenvalue weighted by Gasteiger charge is 2.00. The van der Waals surface area contributed by atoms with E-state index in [1.807, 2.05) is 30.3 Å². The van der Waals surface area contributed by atoms with Crippen LogP contribution in [0.25, 0.3) is 0 Å². The van der Waals surface area contributed by atoms with Crippen molar-refractivity contribution in [3.8, 4) is 11.8 Å². The molecule has 0 aliphatic rings. The van der Waals surface area contributed by atoms with Crippen LogP contribution in [0.1, 0.15) is 32.3 Å². The maximum absolute atomic E-state index is 11.4. The lowest BCUT2D eigenvalue weighted by Crippen LogP contribution is -2.23. The van der Waals surface area contributed by atoms with E-state index in [2.05, 4.69) is 31.0 Å². The first-order chi connectivity index (χ1) is 8.18. The summed E-state index contributed by atoms with van der Waals surface area (Å²) >= 11 is 0. The van der Waals surface area contributed by atoms with Crippen LogP contribution >= 0.6 is 0 Å². The minimum Gasteiger partial charge on any atom is -0.345 e. The first-order valence-corrected chi connectivity index (χ1v) is 5.99. The predicted octanol–water partition coefficient (Wildman–Crippen LogP) is 2.59. The maximum atomic E-state index is 11.4. The third kappa shape index (κ3) is 6.42. The lowest BCUT2D eigenvalue weighted by molar-refractivity contribution is -0.121. The highest BCUT2D eigenvalue weighted by atomic mass is 16.1. The summed E-state index contributed by atoms with van der Waals surface area (Å²) in [6, 6.07) is 9.76. The molecule has 1 aromatic carbocycles. The molecule has 1 N–H and O–H groups in total. The minimum atomic E-state index is 0.0843. The topological polar surface area (TPSA) is 29.1 Å². The third-order valence-corrected chi connectivity index (χ3v) is 2.33. The van der Waals surface area contributed by atoms with Gasteiger partial charge < -0.3 is 5.32 Å². The van der Waals surface area contributed by atoms with Crippen LogP contribution in [0.3, 0.4) is 0 Å². The Morgan fingerprint density at radius 1 is 1.29 bits per heavy atom. The van der Waals surface area contributed by atoms with Crippen molar-refractivity contribution in [1.82, 2.24) is 5.32 Å². The van der Waals surface area contributed by atoms with Crippen LogP contribution in [-0.4, -0.2) is 12.5 Å².